The first-order chi connectivity index (χ1) is 12.0. The van der Waals surface area contributed by atoms with Gasteiger partial charge in [0.2, 0.25) is 0 Å². The van der Waals surface area contributed by atoms with Gasteiger partial charge in [0.25, 0.3) is 5.91 Å². The molecule has 1 atom stereocenters. The molecular weight excluding hydrogens is 324 g/mol. The Kier molecular flexibility index (Phi) is 4.79. The molecule has 1 heterocycles. The first-order valence-electron chi connectivity index (χ1n) is 8.07. The summed E-state index contributed by atoms with van der Waals surface area (Å²) in [5.41, 5.74) is 2.52. The minimum Gasteiger partial charge on any atom is -0.351 e. The topological polar surface area (TPSA) is 46.9 Å². The molecule has 1 unspecified atom stereocenters. The van der Waals surface area contributed by atoms with Crippen LogP contribution in [0.1, 0.15) is 41.1 Å². The number of nitrogens with zero attached hydrogens (tertiary/aromatic N) is 2. The summed E-state index contributed by atoms with van der Waals surface area (Å²) in [6.45, 7) is 1.26. The summed E-state index contributed by atoms with van der Waals surface area (Å²) in [6.07, 6.45) is 0. The second-order valence-electron chi connectivity index (χ2n) is 6.08. The van der Waals surface area contributed by atoms with Gasteiger partial charge in [0.15, 0.2) is 0 Å². The number of halogens is 2. The molecule has 0 radical (unpaired) electrons. The molecule has 130 valence electrons. The van der Waals surface area contributed by atoms with Gasteiger partial charge in [-0.15, -0.1) is 0 Å². The molecule has 2 aromatic carbocycles. The van der Waals surface area contributed by atoms with Gasteiger partial charge in [0.05, 0.1) is 11.0 Å². The van der Waals surface area contributed by atoms with Crippen LogP contribution >= 0.6 is 0 Å². The Labute approximate surface area is 144 Å². The average Bonchev–Trinajstić information content (AvgIpc) is 2.99. The maximum Gasteiger partial charge on any atom is 0.320 e. The number of para-hydroxylation sites is 2. The molecule has 6 heteroatoms. The van der Waals surface area contributed by atoms with Crippen molar-refractivity contribution in [3.8, 4) is 0 Å². The number of aryl methyl sites for hydroxylation is 1. The number of imidazole rings is 1. The van der Waals surface area contributed by atoms with Crippen molar-refractivity contribution in [2.24, 2.45) is 0 Å². The normalized spacial score (nSPS) is 12.5. The van der Waals surface area contributed by atoms with Crippen LogP contribution in [0, 0.1) is 6.92 Å². The van der Waals surface area contributed by atoms with E-state index in [1.807, 2.05) is 19.1 Å². The highest BCUT2D eigenvalue weighted by Gasteiger charge is 2.22. The van der Waals surface area contributed by atoms with Crippen molar-refractivity contribution in [2.45, 2.75) is 26.3 Å². The number of fused-ring (bicyclic) bond motifs is 1. The number of benzene rings is 2. The molecule has 0 aliphatic rings. The molecule has 3 aromatic rings. The fourth-order valence-electron chi connectivity index (χ4n) is 2.76. The monoisotopic (exact) mass is 343 g/mol. The van der Waals surface area contributed by atoms with Crippen molar-refractivity contribution >= 4 is 16.9 Å². The van der Waals surface area contributed by atoms with Crippen molar-refractivity contribution in [3.05, 3.63) is 65.5 Å². The quantitative estimate of drug-likeness (QED) is 0.752. The first kappa shape index (κ1) is 17.1. The van der Waals surface area contributed by atoms with E-state index in [-0.39, 0.29) is 24.2 Å². The summed E-state index contributed by atoms with van der Waals surface area (Å²) in [6, 6.07) is 14.0. The number of carbonyl (C=O) groups excluding carboxylic acids is 1. The number of rotatable bonds is 5. The zero-order valence-electron chi connectivity index (χ0n) is 14.0. The van der Waals surface area contributed by atoms with Gasteiger partial charge in [0, 0.05) is 18.0 Å². The fraction of sp³-hybridized carbons (Fsp3) is 0.263. The average molecular weight is 343 g/mol. The van der Waals surface area contributed by atoms with Gasteiger partial charge >= 0.3 is 6.55 Å². The molecule has 1 N–H and O–H groups in total. The minimum absolute atomic E-state index is 0.225. The molecule has 0 bridgehead atoms. The Morgan fingerprint density at radius 1 is 1.16 bits per heavy atom. The van der Waals surface area contributed by atoms with E-state index in [1.165, 1.54) is 0 Å². The van der Waals surface area contributed by atoms with Gasteiger partial charge in [-0.1, -0.05) is 36.8 Å². The summed E-state index contributed by atoms with van der Waals surface area (Å²) in [5.74, 6) is -0.317. The van der Waals surface area contributed by atoms with Gasteiger partial charge < -0.3 is 5.32 Å². The summed E-state index contributed by atoms with van der Waals surface area (Å²) < 4.78 is 27.9. The Balaban J connectivity index is 1.78. The van der Waals surface area contributed by atoms with Crippen molar-refractivity contribution in [2.75, 3.05) is 6.54 Å². The van der Waals surface area contributed by atoms with Gasteiger partial charge in [-0.25, -0.2) is 4.98 Å². The standard InChI is InChI=1S/C19H19F2N3O/c1-12-7-9-14(10-8-12)18(25)22-11-13(2)17-23-15-5-3-4-6-16(15)24(17)19(20)21/h3-10,13,19H,11H2,1-2H3,(H,22,25). The van der Waals surface area contributed by atoms with Crippen LogP contribution < -0.4 is 5.32 Å². The SMILES string of the molecule is Cc1ccc(C(=O)NCC(C)c2nc3ccccc3n2C(F)F)cc1. The van der Waals surface area contributed by atoms with E-state index in [9.17, 15) is 13.6 Å². The molecule has 0 saturated carbocycles. The van der Waals surface area contributed by atoms with Crippen LogP contribution in [-0.4, -0.2) is 22.0 Å². The van der Waals surface area contributed by atoms with E-state index in [4.69, 9.17) is 0 Å². The van der Waals surface area contributed by atoms with Gasteiger partial charge in [-0.05, 0) is 31.2 Å². The number of aromatic nitrogens is 2. The van der Waals surface area contributed by atoms with E-state index in [0.717, 1.165) is 10.1 Å². The lowest BCUT2D eigenvalue weighted by molar-refractivity contribution is 0.0704. The molecule has 0 aliphatic carbocycles. The van der Waals surface area contributed by atoms with Gasteiger partial charge in [-0.2, -0.15) is 8.78 Å². The zero-order valence-corrected chi connectivity index (χ0v) is 14.0. The maximum absolute atomic E-state index is 13.5. The molecule has 3 rings (SSSR count). The number of amides is 1. The van der Waals surface area contributed by atoms with E-state index >= 15 is 0 Å². The predicted molar refractivity (Wildman–Crippen MR) is 92.9 cm³/mol. The third-order valence-electron chi connectivity index (χ3n) is 4.14. The summed E-state index contributed by atoms with van der Waals surface area (Å²) in [4.78, 5) is 16.5. The Morgan fingerprint density at radius 3 is 2.52 bits per heavy atom. The highest BCUT2D eigenvalue weighted by molar-refractivity contribution is 5.94. The van der Waals surface area contributed by atoms with Crippen LogP contribution in [0.25, 0.3) is 11.0 Å². The highest BCUT2D eigenvalue weighted by atomic mass is 19.3. The molecule has 1 amide bonds. The third-order valence-corrected chi connectivity index (χ3v) is 4.14. The molecule has 0 saturated heterocycles. The van der Waals surface area contributed by atoms with E-state index < -0.39 is 6.55 Å². The Morgan fingerprint density at radius 2 is 1.84 bits per heavy atom. The Bertz CT molecular complexity index is 887. The van der Waals surface area contributed by atoms with Crippen molar-refractivity contribution < 1.29 is 13.6 Å². The number of hydrogen-bond acceptors (Lipinski definition) is 2. The fourth-order valence-corrected chi connectivity index (χ4v) is 2.76. The van der Waals surface area contributed by atoms with Gasteiger partial charge in [-0.3, -0.25) is 9.36 Å². The number of carbonyl (C=O) groups is 1. The van der Waals surface area contributed by atoms with Crippen LogP contribution in [0.5, 0.6) is 0 Å². The van der Waals surface area contributed by atoms with Crippen LogP contribution in [0.15, 0.2) is 48.5 Å². The lowest BCUT2D eigenvalue weighted by Gasteiger charge is -2.15. The molecule has 1 aromatic heterocycles. The smallest absolute Gasteiger partial charge is 0.320 e. The van der Waals surface area contributed by atoms with E-state index in [0.29, 0.717) is 16.6 Å². The molecule has 0 aliphatic heterocycles. The summed E-state index contributed by atoms with van der Waals surface area (Å²) in [7, 11) is 0. The second kappa shape index (κ2) is 7.01. The third kappa shape index (κ3) is 3.52. The first-order valence-corrected chi connectivity index (χ1v) is 8.07. The van der Waals surface area contributed by atoms with E-state index in [2.05, 4.69) is 10.3 Å². The van der Waals surface area contributed by atoms with Crippen molar-refractivity contribution in [1.29, 1.82) is 0 Å². The summed E-state index contributed by atoms with van der Waals surface area (Å²) >= 11 is 0. The Hall–Kier alpha value is -2.76. The van der Waals surface area contributed by atoms with Crippen LogP contribution in [0.4, 0.5) is 8.78 Å². The van der Waals surface area contributed by atoms with Crippen LogP contribution in [-0.2, 0) is 0 Å². The largest absolute Gasteiger partial charge is 0.351 e. The molecule has 4 nitrogen and oxygen atoms in total. The van der Waals surface area contributed by atoms with Gasteiger partial charge in [0.1, 0.15) is 5.82 Å². The second-order valence-corrected chi connectivity index (χ2v) is 6.08. The molecule has 0 fully saturated rings. The lowest BCUT2D eigenvalue weighted by atomic mass is 10.1. The number of hydrogen-bond donors (Lipinski definition) is 1. The highest BCUT2D eigenvalue weighted by Crippen LogP contribution is 2.27. The van der Waals surface area contributed by atoms with Crippen molar-refractivity contribution in [3.63, 3.8) is 0 Å². The van der Waals surface area contributed by atoms with Crippen LogP contribution in [0.2, 0.25) is 0 Å². The molecular formula is C19H19F2N3O. The van der Waals surface area contributed by atoms with Crippen LogP contribution in [0.3, 0.4) is 0 Å². The molecule has 25 heavy (non-hydrogen) atoms. The minimum atomic E-state index is -2.68. The molecule has 0 spiro atoms. The number of nitrogens with one attached hydrogen (secondary N) is 1. The van der Waals surface area contributed by atoms with Crippen molar-refractivity contribution in [1.82, 2.24) is 14.9 Å². The number of alkyl halides is 2. The zero-order chi connectivity index (χ0) is 18.0. The predicted octanol–water partition coefficient (Wildman–Crippen LogP) is 4.27. The lowest BCUT2D eigenvalue weighted by Crippen LogP contribution is -2.28. The summed E-state index contributed by atoms with van der Waals surface area (Å²) in [5, 5.41) is 2.79. The maximum atomic E-state index is 13.5. The van der Waals surface area contributed by atoms with E-state index in [1.54, 1.807) is 43.3 Å².